The molecule has 4 heteroatoms. The Morgan fingerprint density at radius 1 is 1.40 bits per heavy atom. The maximum atomic E-state index is 12.0. The van der Waals surface area contributed by atoms with Crippen molar-refractivity contribution in [3.05, 3.63) is 51.7 Å². The molecule has 0 fully saturated rings. The average Bonchev–Trinajstić information content (AvgIpc) is 2.96. The fourth-order valence-electron chi connectivity index (χ4n) is 1.64. The van der Waals surface area contributed by atoms with Crippen LogP contribution in [0.4, 0.5) is 5.69 Å². The van der Waals surface area contributed by atoms with Crippen LogP contribution in [-0.2, 0) is 0 Å². The third kappa shape index (κ3) is 3.70. The SMILES string of the molecule is Cc1ccc(NC(=O)c2ccsc2)cc1C#CCCO. The van der Waals surface area contributed by atoms with Crippen LogP contribution in [0.1, 0.15) is 27.9 Å². The van der Waals surface area contributed by atoms with Gasteiger partial charge in [-0.1, -0.05) is 17.9 Å². The second-order valence-corrected chi connectivity index (χ2v) is 5.05. The molecule has 3 nitrogen and oxygen atoms in total. The molecule has 102 valence electrons. The molecule has 1 heterocycles. The Morgan fingerprint density at radius 3 is 2.95 bits per heavy atom. The van der Waals surface area contributed by atoms with Crippen LogP contribution in [0.5, 0.6) is 0 Å². The summed E-state index contributed by atoms with van der Waals surface area (Å²) in [5.74, 6) is 5.77. The smallest absolute Gasteiger partial charge is 0.256 e. The van der Waals surface area contributed by atoms with E-state index in [1.165, 1.54) is 11.3 Å². The predicted molar refractivity (Wildman–Crippen MR) is 82.0 cm³/mol. The Hall–Kier alpha value is -2.09. The van der Waals surface area contributed by atoms with Gasteiger partial charge in [0.15, 0.2) is 0 Å². The number of carbonyl (C=O) groups excluding carboxylic acids is 1. The number of amides is 1. The van der Waals surface area contributed by atoms with Crippen molar-refractivity contribution in [1.82, 2.24) is 0 Å². The van der Waals surface area contributed by atoms with Crippen molar-refractivity contribution in [3.63, 3.8) is 0 Å². The second-order valence-electron chi connectivity index (χ2n) is 4.27. The number of nitrogens with one attached hydrogen (secondary N) is 1. The number of hydrogen-bond donors (Lipinski definition) is 2. The van der Waals surface area contributed by atoms with Crippen molar-refractivity contribution in [2.45, 2.75) is 13.3 Å². The number of thiophene rings is 1. The number of aryl methyl sites for hydroxylation is 1. The summed E-state index contributed by atoms with van der Waals surface area (Å²) in [6.45, 7) is 2.02. The zero-order chi connectivity index (χ0) is 14.4. The Bertz CT molecular complexity index is 651. The van der Waals surface area contributed by atoms with Gasteiger partial charge in [0.05, 0.1) is 12.2 Å². The quantitative estimate of drug-likeness (QED) is 0.852. The first-order chi connectivity index (χ1) is 9.70. The van der Waals surface area contributed by atoms with Gasteiger partial charge in [-0.05, 0) is 36.1 Å². The van der Waals surface area contributed by atoms with Crippen LogP contribution in [0.3, 0.4) is 0 Å². The van der Waals surface area contributed by atoms with E-state index in [9.17, 15) is 4.79 Å². The van der Waals surface area contributed by atoms with Gasteiger partial charge in [0.2, 0.25) is 0 Å². The zero-order valence-electron chi connectivity index (χ0n) is 11.1. The van der Waals surface area contributed by atoms with E-state index in [4.69, 9.17) is 5.11 Å². The lowest BCUT2D eigenvalue weighted by atomic mass is 10.1. The number of rotatable bonds is 3. The first kappa shape index (κ1) is 14.3. The molecule has 0 atom stereocenters. The lowest BCUT2D eigenvalue weighted by molar-refractivity contribution is 0.102. The van der Waals surface area contributed by atoms with Gasteiger partial charge in [0, 0.05) is 23.1 Å². The van der Waals surface area contributed by atoms with Crippen molar-refractivity contribution in [3.8, 4) is 11.8 Å². The highest BCUT2D eigenvalue weighted by Crippen LogP contribution is 2.16. The number of benzene rings is 1. The van der Waals surface area contributed by atoms with Crippen LogP contribution in [0, 0.1) is 18.8 Å². The van der Waals surface area contributed by atoms with Crippen molar-refractivity contribution in [2.75, 3.05) is 11.9 Å². The minimum Gasteiger partial charge on any atom is -0.395 e. The normalized spacial score (nSPS) is 9.70. The Morgan fingerprint density at radius 2 is 2.25 bits per heavy atom. The van der Waals surface area contributed by atoms with Gasteiger partial charge in [-0.15, -0.1) is 0 Å². The number of hydrogen-bond acceptors (Lipinski definition) is 3. The first-order valence-corrected chi connectivity index (χ1v) is 7.19. The molecule has 0 unspecified atom stereocenters. The average molecular weight is 285 g/mol. The monoisotopic (exact) mass is 285 g/mol. The largest absolute Gasteiger partial charge is 0.395 e. The molecule has 1 aromatic carbocycles. The van der Waals surface area contributed by atoms with Gasteiger partial charge in [0.25, 0.3) is 5.91 Å². The standard InChI is InChI=1S/C16H15NO2S/c1-12-5-6-15(10-13(12)4-2-3-8-18)17-16(19)14-7-9-20-11-14/h5-7,9-11,18H,3,8H2,1H3,(H,17,19). The molecule has 2 aromatic rings. The van der Waals surface area contributed by atoms with Gasteiger partial charge in [-0.3, -0.25) is 4.79 Å². The molecule has 1 amide bonds. The van der Waals surface area contributed by atoms with E-state index < -0.39 is 0 Å². The fraction of sp³-hybridized carbons (Fsp3) is 0.188. The van der Waals surface area contributed by atoms with Crippen LogP contribution in [0.25, 0.3) is 0 Å². The van der Waals surface area contributed by atoms with E-state index in [1.54, 1.807) is 6.07 Å². The Kier molecular flexibility index (Phi) is 4.94. The summed E-state index contributed by atoms with van der Waals surface area (Å²) in [6.07, 6.45) is 0.449. The highest BCUT2D eigenvalue weighted by molar-refractivity contribution is 7.08. The van der Waals surface area contributed by atoms with Gasteiger partial charge < -0.3 is 10.4 Å². The van der Waals surface area contributed by atoms with Crippen molar-refractivity contribution in [2.24, 2.45) is 0 Å². The minimum atomic E-state index is -0.121. The molecule has 0 radical (unpaired) electrons. The molecule has 0 aliphatic carbocycles. The summed E-state index contributed by atoms with van der Waals surface area (Å²) in [5.41, 5.74) is 3.29. The molecule has 2 rings (SSSR count). The molecule has 0 aliphatic rings. The van der Waals surface area contributed by atoms with Crippen molar-refractivity contribution < 1.29 is 9.90 Å². The molecule has 0 aliphatic heterocycles. The fourth-order valence-corrected chi connectivity index (χ4v) is 2.28. The molecule has 0 saturated heterocycles. The third-order valence-electron chi connectivity index (χ3n) is 2.74. The maximum Gasteiger partial charge on any atom is 0.256 e. The van der Waals surface area contributed by atoms with Crippen molar-refractivity contribution >= 4 is 22.9 Å². The number of aliphatic hydroxyl groups excluding tert-OH is 1. The van der Waals surface area contributed by atoms with Gasteiger partial charge in [-0.2, -0.15) is 11.3 Å². The van der Waals surface area contributed by atoms with Gasteiger partial charge in [-0.25, -0.2) is 0 Å². The predicted octanol–water partition coefficient (Wildman–Crippen LogP) is 3.04. The molecular weight excluding hydrogens is 270 g/mol. The second kappa shape index (κ2) is 6.90. The highest BCUT2D eigenvalue weighted by atomic mass is 32.1. The maximum absolute atomic E-state index is 12.0. The summed E-state index contributed by atoms with van der Waals surface area (Å²) < 4.78 is 0. The summed E-state index contributed by atoms with van der Waals surface area (Å²) in [6, 6.07) is 7.42. The lowest BCUT2D eigenvalue weighted by Gasteiger charge is -2.06. The third-order valence-corrected chi connectivity index (χ3v) is 3.42. The topological polar surface area (TPSA) is 49.3 Å². The summed E-state index contributed by atoms with van der Waals surface area (Å²) in [4.78, 5) is 12.0. The summed E-state index contributed by atoms with van der Waals surface area (Å²) in [5, 5.41) is 15.3. The molecule has 20 heavy (non-hydrogen) atoms. The molecular formula is C16H15NO2S. The van der Waals surface area contributed by atoms with E-state index >= 15 is 0 Å². The van der Waals surface area contributed by atoms with Gasteiger partial charge in [0.1, 0.15) is 0 Å². The van der Waals surface area contributed by atoms with E-state index in [0.717, 1.165) is 16.8 Å². The summed E-state index contributed by atoms with van der Waals surface area (Å²) in [7, 11) is 0. The van der Waals surface area contributed by atoms with Crippen LogP contribution in [0.15, 0.2) is 35.0 Å². The molecule has 0 saturated carbocycles. The van der Waals surface area contributed by atoms with Crippen LogP contribution in [-0.4, -0.2) is 17.6 Å². The lowest BCUT2D eigenvalue weighted by Crippen LogP contribution is -2.10. The van der Waals surface area contributed by atoms with Crippen LogP contribution in [0.2, 0.25) is 0 Å². The Balaban J connectivity index is 2.15. The van der Waals surface area contributed by atoms with E-state index in [2.05, 4.69) is 17.2 Å². The molecule has 2 N–H and O–H groups in total. The van der Waals surface area contributed by atoms with E-state index in [0.29, 0.717) is 12.0 Å². The number of anilines is 1. The van der Waals surface area contributed by atoms with E-state index in [1.807, 2.05) is 35.9 Å². The minimum absolute atomic E-state index is 0.0562. The van der Waals surface area contributed by atoms with E-state index in [-0.39, 0.29) is 12.5 Å². The number of carbonyl (C=O) groups is 1. The Labute approximate surface area is 122 Å². The highest BCUT2D eigenvalue weighted by Gasteiger charge is 2.06. The zero-order valence-corrected chi connectivity index (χ0v) is 12.0. The number of aliphatic hydroxyl groups is 1. The van der Waals surface area contributed by atoms with Crippen LogP contribution >= 0.6 is 11.3 Å². The van der Waals surface area contributed by atoms with Crippen molar-refractivity contribution in [1.29, 1.82) is 0 Å². The van der Waals surface area contributed by atoms with Crippen LogP contribution < -0.4 is 5.32 Å². The first-order valence-electron chi connectivity index (χ1n) is 6.24. The molecule has 0 bridgehead atoms. The molecule has 1 aromatic heterocycles. The summed E-state index contributed by atoms with van der Waals surface area (Å²) >= 11 is 1.49. The molecule has 0 spiro atoms. The van der Waals surface area contributed by atoms with Gasteiger partial charge >= 0.3 is 0 Å².